The fourth-order valence-corrected chi connectivity index (χ4v) is 1.69. The highest BCUT2D eigenvalue weighted by Crippen LogP contribution is 2.36. The van der Waals surface area contributed by atoms with Crippen molar-refractivity contribution in [1.82, 2.24) is 9.55 Å². The molecule has 0 aromatic carbocycles. The van der Waals surface area contributed by atoms with E-state index in [0.717, 1.165) is 4.57 Å². The molecule has 0 unspecified atom stereocenters. The number of H-pyrrole nitrogens is 1. The van der Waals surface area contributed by atoms with Crippen LogP contribution in [0, 0.1) is 5.82 Å². The van der Waals surface area contributed by atoms with E-state index >= 15 is 0 Å². The molecule has 2 atom stereocenters. The second-order valence-corrected chi connectivity index (χ2v) is 3.80. The summed E-state index contributed by atoms with van der Waals surface area (Å²) in [5.41, 5.74) is -2.03. The van der Waals surface area contributed by atoms with Gasteiger partial charge in [0.1, 0.15) is 12.8 Å². The summed E-state index contributed by atoms with van der Waals surface area (Å²) in [6.07, 6.45) is -0.385. The van der Waals surface area contributed by atoms with Crippen molar-refractivity contribution in [3.63, 3.8) is 0 Å². The maximum Gasteiger partial charge on any atom is 0.330 e. The normalized spacial score (nSPS) is 28.5. The summed E-state index contributed by atoms with van der Waals surface area (Å²) in [7, 11) is 0. The third-order valence-electron chi connectivity index (χ3n) is 2.58. The van der Waals surface area contributed by atoms with Gasteiger partial charge < -0.3 is 9.84 Å². The topological polar surface area (TPSA) is 84.3 Å². The standard InChI is InChI=1S/C9H10F2N2O4/c10-5-3-13(8(16)12-7(5)15)6-1-2-9(11,4-14)17-6/h3,6,14H,1-2,4H2,(H,12,15,16)/t6-,9+/m1/s1. The first-order valence-electron chi connectivity index (χ1n) is 4.94. The SMILES string of the molecule is O=c1[nH]c(=O)n([C@H]2CC[C@@](F)(CO)O2)cc1F. The molecule has 1 aliphatic rings. The zero-order chi connectivity index (χ0) is 12.6. The number of aliphatic hydroxyl groups is 1. The van der Waals surface area contributed by atoms with Gasteiger partial charge in [-0.3, -0.25) is 14.3 Å². The van der Waals surface area contributed by atoms with Crippen molar-refractivity contribution in [2.45, 2.75) is 24.9 Å². The molecule has 1 aliphatic heterocycles. The second-order valence-electron chi connectivity index (χ2n) is 3.80. The predicted octanol–water partition coefficient (Wildman–Crippen LogP) is -0.357. The van der Waals surface area contributed by atoms with Crippen LogP contribution in [0.1, 0.15) is 19.1 Å². The quantitative estimate of drug-likeness (QED) is 0.748. The third-order valence-corrected chi connectivity index (χ3v) is 2.58. The fraction of sp³-hybridized carbons (Fsp3) is 0.556. The van der Waals surface area contributed by atoms with Gasteiger partial charge in [-0.25, -0.2) is 9.18 Å². The highest BCUT2D eigenvalue weighted by Gasteiger charge is 2.41. The summed E-state index contributed by atoms with van der Waals surface area (Å²) >= 11 is 0. The maximum absolute atomic E-state index is 13.5. The van der Waals surface area contributed by atoms with E-state index in [-0.39, 0.29) is 12.8 Å². The van der Waals surface area contributed by atoms with E-state index in [0.29, 0.717) is 6.20 Å². The largest absolute Gasteiger partial charge is 0.390 e. The highest BCUT2D eigenvalue weighted by molar-refractivity contribution is 4.90. The fourth-order valence-electron chi connectivity index (χ4n) is 1.69. The Morgan fingerprint density at radius 2 is 2.35 bits per heavy atom. The average Bonchev–Trinajstić information content (AvgIpc) is 2.67. The van der Waals surface area contributed by atoms with Crippen molar-refractivity contribution in [2.24, 2.45) is 0 Å². The number of halogens is 2. The first-order valence-corrected chi connectivity index (χ1v) is 4.94. The molecule has 0 amide bonds. The Bertz CT molecular complexity index is 541. The highest BCUT2D eigenvalue weighted by atomic mass is 19.2. The number of aliphatic hydroxyl groups excluding tert-OH is 1. The van der Waals surface area contributed by atoms with Crippen LogP contribution in [0.15, 0.2) is 15.8 Å². The van der Waals surface area contributed by atoms with Gasteiger partial charge >= 0.3 is 5.69 Å². The van der Waals surface area contributed by atoms with Crippen molar-refractivity contribution in [1.29, 1.82) is 0 Å². The lowest BCUT2D eigenvalue weighted by atomic mass is 10.2. The summed E-state index contributed by atoms with van der Waals surface area (Å²) in [5, 5.41) is 8.74. The minimum Gasteiger partial charge on any atom is -0.390 e. The number of hydrogen-bond acceptors (Lipinski definition) is 4. The number of ether oxygens (including phenoxy) is 1. The molecule has 17 heavy (non-hydrogen) atoms. The van der Waals surface area contributed by atoms with Crippen LogP contribution < -0.4 is 11.2 Å². The summed E-state index contributed by atoms with van der Waals surface area (Å²) in [5.74, 6) is -3.38. The van der Waals surface area contributed by atoms with Gasteiger partial charge in [-0.05, 0) is 6.42 Å². The van der Waals surface area contributed by atoms with E-state index in [1.807, 2.05) is 0 Å². The van der Waals surface area contributed by atoms with Gasteiger partial charge in [-0.2, -0.15) is 4.39 Å². The number of aromatic amines is 1. The molecule has 0 bridgehead atoms. The van der Waals surface area contributed by atoms with E-state index in [1.165, 1.54) is 0 Å². The molecule has 0 saturated carbocycles. The lowest BCUT2D eigenvalue weighted by Crippen LogP contribution is -2.35. The molecule has 0 spiro atoms. The molecular formula is C9H10F2N2O4. The Morgan fingerprint density at radius 3 is 2.94 bits per heavy atom. The Morgan fingerprint density at radius 1 is 1.65 bits per heavy atom. The van der Waals surface area contributed by atoms with Crippen LogP contribution in [0.4, 0.5) is 8.78 Å². The summed E-state index contributed by atoms with van der Waals surface area (Å²) in [4.78, 5) is 23.9. The van der Waals surface area contributed by atoms with Crippen LogP contribution in [0.3, 0.4) is 0 Å². The van der Waals surface area contributed by atoms with E-state index in [4.69, 9.17) is 9.84 Å². The van der Waals surface area contributed by atoms with Crippen LogP contribution in [0.5, 0.6) is 0 Å². The Hall–Kier alpha value is -1.54. The average molecular weight is 248 g/mol. The monoisotopic (exact) mass is 248 g/mol. The van der Waals surface area contributed by atoms with E-state index in [9.17, 15) is 18.4 Å². The van der Waals surface area contributed by atoms with Crippen molar-refractivity contribution in [3.05, 3.63) is 32.9 Å². The molecule has 0 aliphatic carbocycles. The zero-order valence-corrected chi connectivity index (χ0v) is 8.65. The zero-order valence-electron chi connectivity index (χ0n) is 8.65. The van der Waals surface area contributed by atoms with Gasteiger partial charge in [0.05, 0.1) is 6.20 Å². The van der Waals surface area contributed by atoms with Gasteiger partial charge in [-0.1, -0.05) is 0 Å². The molecular weight excluding hydrogens is 238 g/mol. The molecule has 0 radical (unpaired) electrons. The number of rotatable bonds is 2. The van der Waals surface area contributed by atoms with Crippen LogP contribution in [-0.2, 0) is 4.74 Å². The third kappa shape index (κ3) is 2.13. The van der Waals surface area contributed by atoms with Crippen LogP contribution in [-0.4, -0.2) is 27.1 Å². The van der Waals surface area contributed by atoms with Crippen LogP contribution in [0.2, 0.25) is 0 Å². The van der Waals surface area contributed by atoms with E-state index < -0.39 is 35.8 Å². The molecule has 2 rings (SSSR count). The van der Waals surface area contributed by atoms with Crippen molar-refractivity contribution in [3.8, 4) is 0 Å². The molecule has 2 N–H and O–H groups in total. The number of aromatic nitrogens is 2. The van der Waals surface area contributed by atoms with E-state index in [2.05, 4.69) is 0 Å². The molecule has 2 heterocycles. The first kappa shape index (κ1) is 11.9. The summed E-state index contributed by atoms with van der Waals surface area (Å²) in [6.45, 7) is -0.843. The number of nitrogens with zero attached hydrogens (tertiary/aromatic N) is 1. The van der Waals surface area contributed by atoms with Crippen LogP contribution in [0.25, 0.3) is 0 Å². The maximum atomic E-state index is 13.5. The van der Waals surface area contributed by atoms with Gasteiger partial charge in [0.25, 0.3) is 5.56 Å². The van der Waals surface area contributed by atoms with Gasteiger partial charge in [0.2, 0.25) is 11.7 Å². The molecule has 1 saturated heterocycles. The lowest BCUT2D eigenvalue weighted by molar-refractivity contribution is -0.177. The Balaban J connectivity index is 2.34. The minimum atomic E-state index is -2.23. The van der Waals surface area contributed by atoms with Crippen molar-refractivity contribution < 1.29 is 18.6 Å². The summed E-state index contributed by atoms with van der Waals surface area (Å²) < 4.78 is 32.1. The van der Waals surface area contributed by atoms with Crippen molar-refractivity contribution in [2.75, 3.05) is 6.61 Å². The summed E-state index contributed by atoms with van der Waals surface area (Å²) in [6, 6.07) is 0. The van der Waals surface area contributed by atoms with Gasteiger partial charge in [-0.15, -0.1) is 0 Å². The molecule has 6 nitrogen and oxygen atoms in total. The van der Waals surface area contributed by atoms with Crippen LogP contribution >= 0.6 is 0 Å². The first-order chi connectivity index (χ1) is 7.95. The Kier molecular flexibility index (Phi) is 2.84. The number of hydrogen-bond donors (Lipinski definition) is 2. The van der Waals surface area contributed by atoms with Gasteiger partial charge in [0.15, 0.2) is 0 Å². The number of nitrogens with one attached hydrogen (secondary N) is 1. The lowest BCUT2D eigenvalue weighted by Gasteiger charge is -2.18. The second kappa shape index (κ2) is 4.04. The molecule has 8 heteroatoms. The Labute approximate surface area is 93.5 Å². The van der Waals surface area contributed by atoms with Gasteiger partial charge in [0, 0.05) is 6.42 Å². The molecule has 1 aromatic rings. The molecule has 1 fully saturated rings. The van der Waals surface area contributed by atoms with Crippen molar-refractivity contribution >= 4 is 0 Å². The number of alkyl halides is 1. The predicted molar refractivity (Wildman–Crippen MR) is 51.6 cm³/mol. The molecule has 1 aromatic heterocycles. The smallest absolute Gasteiger partial charge is 0.330 e. The minimum absolute atomic E-state index is 0.0997. The van der Waals surface area contributed by atoms with E-state index in [1.54, 1.807) is 4.98 Å². The molecule has 94 valence electrons.